The second-order valence-electron chi connectivity index (χ2n) is 10.3. The van der Waals surface area contributed by atoms with Crippen LogP contribution in [0.5, 0.6) is 11.5 Å². The van der Waals surface area contributed by atoms with Crippen molar-refractivity contribution in [1.82, 2.24) is 4.90 Å². The molecule has 0 atom stereocenters. The second-order valence-corrected chi connectivity index (χ2v) is 10.8. The Labute approximate surface area is 218 Å². The van der Waals surface area contributed by atoms with Gasteiger partial charge < -0.3 is 19.3 Å². The number of piperidine rings is 1. The molecule has 0 N–H and O–H groups in total. The van der Waals surface area contributed by atoms with Crippen molar-refractivity contribution in [2.24, 2.45) is 11.8 Å². The third kappa shape index (κ3) is 7.72. The molecule has 0 radical (unpaired) electrons. The second kappa shape index (κ2) is 11.8. The van der Waals surface area contributed by atoms with Crippen LogP contribution in [0.3, 0.4) is 0 Å². The van der Waals surface area contributed by atoms with E-state index in [1.165, 1.54) is 0 Å². The lowest BCUT2D eigenvalue weighted by Crippen LogP contribution is -2.45. The van der Waals surface area contributed by atoms with Gasteiger partial charge in [0.25, 0.3) is 0 Å². The lowest BCUT2D eigenvalue weighted by molar-refractivity contribution is -0.126. The van der Waals surface area contributed by atoms with Crippen LogP contribution in [0.1, 0.15) is 47.5 Å². The first-order chi connectivity index (χ1) is 16.9. The molecule has 1 saturated heterocycles. The van der Waals surface area contributed by atoms with Crippen molar-refractivity contribution >= 4 is 35.1 Å². The molecule has 1 aliphatic rings. The van der Waals surface area contributed by atoms with E-state index in [0.29, 0.717) is 48.1 Å². The van der Waals surface area contributed by atoms with Crippen molar-refractivity contribution in [3.63, 3.8) is 0 Å². The molecule has 0 aliphatic carbocycles. The van der Waals surface area contributed by atoms with Crippen molar-refractivity contribution in [1.29, 1.82) is 0 Å². The Morgan fingerprint density at radius 3 is 2.00 bits per heavy atom. The van der Waals surface area contributed by atoms with Crippen molar-refractivity contribution in [2.75, 3.05) is 24.5 Å². The van der Waals surface area contributed by atoms with Crippen molar-refractivity contribution in [3.05, 3.63) is 53.6 Å². The first kappa shape index (κ1) is 27.5. The van der Waals surface area contributed by atoms with Crippen molar-refractivity contribution < 1.29 is 23.9 Å². The molecular weight excluding hydrogens is 480 g/mol. The van der Waals surface area contributed by atoms with Crippen LogP contribution >= 0.6 is 11.6 Å². The molecule has 1 heterocycles. The SMILES string of the molecule is CC(C)C(=O)N(CC(=O)C1CCN(C(=O)OC(C)(C)C)CC1)c1ccc(Oc2ccc(Cl)cc2)cc1. The minimum atomic E-state index is -0.559. The van der Waals surface area contributed by atoms with Gasteiger partial charge in [0.1, 0.15) is 17.1 Å². The summed E-state index contributed by atoms with van der Waals surface area (Å²) in [7, 11) is 0. The molecule has 1 aliphatic heterocycles. The summed E-state index contributed by atoms with van der Waals surface area (Å²) in [4.78, 5) is 41.7. The largest absolute Gasteiger partial charge is 0.457 e. The Morgan fingerprint density at radius 1 is 0.972 bits per heavy atom. The van der Waals surface area contributed by atoms with Crippen LogP contribution in [0.25, 0.3) is 0 Å². The summed E-state index contributed by atoms with van der Waals surface area (Å²) in [5, 5.41) is 0.626. The maximum Gasteiger partial charge on any atom is 0.410 e. The molecule has 0 bridgehead atoms. The maximum atomic E-state index is 13.2. The van der Waals surface area contributed by atoms with Crippen LogP contribution in [0.4, 0.5) is 10.5 Å². The lowest BCUT2D eigenvalue weighted by atomic mass is 9.92. The number of benzene rings is 2. The van der Waals surface area contributed by atoms with Gasteiger partial charge in [0.15, 0.2) is 5.78 Å². The molecule has 36 heavy (non-hydrogen) atoms. The number of ketones is 1. The standard InChI is InChI=1S/C28H35ClN2O5/c1-19(2)26(33)31(22-8-12-24(13-9-22)35-23-10-6-21(29)7-11-23)18-25(32)20-14-16-30(17-15-20)27(34)36-28(3,4)5/h6-13,19-20H,14-18H2,1-5H3. The fourth-order valence-electron chi connectivity index (χ4n) is 3.94. The van der Waals surface area contributed by atoms with Gasteiger partial charge in [-0.25, -0.2) is 4.79 Å². The number of carbonyl (C=O) groups excluding carboxylic acids is 3. The van der Waals surface area contributed by atoms with Gasteiger partial charge in [0.2, 0.25) is 5.91 Å². The quantitative estimate of drug-likeness (QED) is 0.431. The fourth-order valence-corrected chi connectivity index (χ4v) is 4.06. The Balaban J connectivity index is 1.64. The molecular formula is C28H35ClN2O5. The van der Waals surface area contributed by atoms with Gasteiger partial charge in [-0.15, -0.1) is 0 Å². The number of hydrogen-bond acceptors (Lipinski definition) is 5. The summed E-state index contributed by atoms with van der Waals surface area (Å²) in [6.07, 6.45) is 0.747. The molecule has 0 spiro atoms. The predicted octanol–water partition coefficient (Wildman–Crippen LogP) is 6.34. The topological polar surface area (TPSA) is 76.2 Å². The Morgan fingerprint density at radius 2 is 1.50 bits per heavy atom. The normalized spacial score (nSPS) is 14.5. The van der Waals surface area contributed by atoms with Crippen LogP contribution in [-0.4, -0.2) is 47.9 Å². The van der Waals surface area contributed by atoms with Crippen LogP contribution in [0.2, 0.25) is 5.02 Å². The van der Waals surface area contributed by atoms with E-state index in [4.69, 9.17) is 21.1 Å². The molecule has 7 nitrogen and oxygen atoms in total. The van der Waals surface area contributed by atoms with Crippen LogP contribution in [-0.2, 0) is 14.3 Å². The molecule has 1 fully saturated rings. The predicted molar refractivity (Wildman–Crippen MR) is 141 cm³/mol. The van der Waals surface area contributed by atoms with E-state index >= 15 is 0 Å². The monoisotopic (exact) mass is 514 g/mol. The van der Waals surface area contributed by atoms with Crippen LogP contribution in [0, 0.1) is 11.8 Å². The summed E-state index contributed by atoms with van der Waals surface area (Å²) in [6, 6.07) is 14.2. The summed E-state index contributed by atoms with van der Waals surface area (Å²) in [6.45, 7) is 10.0. The number of Topliss-reactive ketones (excluding diaryl/α,β-unsaturated/α-hetero) is 1. The van der Waals surface area contributed by atoms with E-state index in [1.54, 1.807) is 58.3 Å². The molecule has 194 valence electrons. The molecule has 3 rings (SSSR count). The summed E-state index contributed by atoms with van der Waals surface area (Å²) in [5.74, 6) is 0.653. The Bertz CT molecular complexity index is 1050. The molecule has 0 unspecified atom stereocenters. The minimum absolute atomic E-state index is 0.00525. The zero-order valence-electron chi connectivity index (χ0n) is 21.6. The average Bonchev–Trinajstić information content (AvgIpc) is 2.83. The number of rotatable bonds is 7. The van der Waals surface area contributed by atoms with Crippen LogP contribution in [0.15, 0.2) is 48.5 Å². The fraction of sp³-hybridized carbons (Fsp3) is 0.464. The zero-order valence-corrected chi connectivity index (χ0v) is 22.4. The van der Waals surface area contributed by atoms with E-state index in [-0.39, 0.29) is 36.2 Å². The molecule has 0 saturated carbocycles. The van der Waals surface area contributed by atoms with Crippen molar-refractivity contribution in [2.45, 2.75) is 53.1 Å². The summed E-state index contributed by atoms with van der Waals surface area (Å²) < 4.78 is 11.3. The van der Waals surface area contributed by atoms with Gasteiger partial charge in [-0.2, -0.15) is 0 Å². The number of hydrogen-bond donors (Lipinski definition) is 0. The lowest BCUT2D eigenvalue weighted by Gasteiger charge is -2.34. The van der Waals surface area contributed by atoms with E-state index < -0.39 is 5.60 Å². The maximum absolute atomic E-state index is 13.2. The average molecular weight is 515 g/mol. The zero-order chi connectivity index (χ0) is 26.5. The molecule has 2 aromatic carbocycles. The molecule has 0 aromatic heterocycles. The summed E-state index contributed by atoms with van der Waals surface area (Å²) in [5.41, 5.74) is 0.0772. The first-order valence-corrected chi connectivity index (χ1v) is 12.7. The Kier molecular flexibility index (Phi) is 9.01. The van der Waals surface area contributed by atoms with Gasteiger partial charge in [0.05, 0.1) is 6.54 Å². The number of amides is 2. The molecule has 2 aromatic rings. The molecule has 2 amide bonds. The Hall–Kier alpha value is -3.06. The van der Waals surface area contributed by atoms with E-state index in [1.807, 2.05) is 34.6 Å². The third-order valence-corrected chi connectivity index (χ3v) is 6.13. The number of likely N-dealkylation sites (tertiary alicyclic amines) is 1. The van der Waals surface area contributed by atoms with E-state index in [2.05, 4.69) is 0 Å². The highest BCUT2D eigenvalue weighted by Crippen LogP contribution is 2.27. The number of ether oxygens (including phenoxy) is 2. The highest BCUT2D eigenvalue weighted by atomic mass is 35.5. The number of nitrogens with zero attached hydrogens (tertiary/aromatic N) is 2. The number of anilines is 1. The number of carbonyl (C=O) groups is 3. The minimum Gasteiger partial charge on any atom is -0.457 e. The highest BCUT2D eigenvalue weighted by Gasteiger charge is 2.32. The first-order valence-electron chi connectivity index (χ1n) is 12.3. The van der Waals surface area contributed by atoms with E-state index in [0.717, 1.165) is 0 Å². The molecule has 8 heteroatoms. The van der Waals surface area contributed by atoms with Crippen LogP contribution < -0.4 is 9.64 Å². The van der Waals surface area contributed by atoms with Gasteiger partial charge in [0, 0.05) is 35.6 Å². The van der Waals surface area contributed by atoms with Gasteiger partial charge in [-0.05, 0) is 82.1 Å². The van der Waals surface area contributed by atoms with Crippen molar-refractivity contribution in [3.8, 4) is 11.5 Å². The number of halogens is 1. The van der Waals surface area contributed by atoms with Gasteiger partial charge in [-0.1, -0.05) is 25.4 Å². The highest BCUT2D eigenvalue weighted by molar-refractivity contribution is 6.30. The summed E-state index contributed by atoms with van der Waals surface area (Å²) >= 11 is 5.92. The van der Waals surface area contributed by atoms with E-state index in [9.17, 15) is 14.4 Å². The van der Waals surface area contributed by atoms with Gasteiger partial charge >= 0.3 is 6.09 Å². The van der Waals surface area contributed by atoms with Gasteiger partial charge in [-0.3, -0.25) is 9.59 Å². The third-order valence-electron chi connectivity index (χ3n) is 5.87. The smallest absolute Gasteiger partial charge is 0.410 e.